The van der Waals surface area contributed by atoms with Crippen LogP contribution >= 0.6 is 0 Å². The lowest BCUT2D eigenvalue weighted by Crippen LogP contribution is -2.39. The van der Waals surface area contributed by atoms with Gasteiger partial charge in [0.1, 0.15) is 5.75 Å². The Labute approximate surface area is 179 Å². The third-order valence-corrected chi connectivity index (χ3v) is 7.17. The second-order valence-corrected chi connectivity index (χ2v) is 8.74. The van der Waals surface area contributed by atoms with Crippen LogP contribution < -0.4 is 0 Å². The van der Waals surface area contributed by atoms with E-state index in [-0.39, 0.29) is 41.5 Å². The largest absolute Gasteiger partial charge is 0.508 e. The number of likely N-dealkylation sites (tertiary alicyclic amines) is 1. The summed E-state index contributed by atoms with van der Waals surface area (Å²) in [6, 6.07) is 6.70. The average Bonchev–Trinajstić information content (AvgIpc) is 3.00. The van der Waals surface area contributed by atoms with Gasteiger partial charge in [-0.15, -0.1) is 0 Å². The van der Waals surface area contributed by atoms with Gasteiger partial charge in [0.25, 0.3) is 0 Å². The Bertz CT molecular complexity index is 1150. The maximum atomic E-state index is 13.2. The monoisotopic (exact) mass is 417 g/mol. The SMILES string of the molecule is CCN1C(=O)[C@H]2[C@H](CC=C3[C@H](c4cccc(O)c4)C4=C(C[C@H]32)C(=O)C(C)=CC4=O)C1=O. The van der Waals surface area contributed by atoms with Crippen LogP contribution in [0.2, 0.25) is 0 Å². The van der Waals surface area contributed by atoms with Crippen molar-refractivity contribution in [3.8, 4) is 5.75 Å². The lowest BCUT2D eigenvalue weighted by molar-refractivity contribution is -0.139. The molecule has 6 nitrogen and oxygen atoms in total. The lowest BCUT2D eigenvalue weighted by Gasteiger charge is -2.42. The molecule has 1 heterocycles. The minimum atomic E-state index is -0.518. The predicted octanol–water partition coefficient (Wildman–Crippen LogP) is 2.84. The molecule has 2 amide bonds. The van der Waals surface area contributed by atoms with Gasteiger partial charge in [0.15, 0.2) is 11.6 Å². The fourth-order valence-electron chi connectivity index (χ4n) is 5.84. The number of imide groups is 1. The van der Waals surface area contributed by atoms with E-state index in [1.54, 1.807) is 32.0 Å². The first-order valence-corrected chi connectivity index (χ1v) is 10.7. The van der Waals surface area contributed by atoms with Gasteiger partial charge < -0.3 is 5.11 Å². The second kappa shape index (κ2) is 6.87. The Morgan fingerprint density at radius 2 is 1.87 bits per heavy atom. The second-order valence-electron chi connectivity index (χ2n) is 8.74. The molecular formula is C25H23NO5. The first kappa shape index (κ1) is 19.7. The first-order valence-electron chi connectivity index (χ1n) is 10.7. The van der Waals surface area contributed by atoms with Gasteiger partial charge in [-0.05, 0) is 56.4 Å². The fraction of sp³-hybridized carbons (Fsp3) is 0.360. The molecule has 4 aliphatic rings. The number of allylic oxidation sites excluding steroid dienone is 6. The number of amides is 2. The molecule has 1 fully saturated rings. The average molecular weight is 417 g/mol. The quantitative estimate of drug-likeness (QED) is 0.454. The van der Waals surface area contributed by atoms with Crippen molar-refractivity contribution in [1.29, 1.82) is 0 Å². The van der Waals surface area contributed by atoms with E-state index in [9.17, 15) is 24.3 Å². The van der Waals surface area contributed by atoms with Gasteiger partial charge in [-0.3, -0.25) is 24.1 Å². The lowest BCUT2D eigenvalue weighted by atomic mass is 9.59. The van der Waals surface area contributed by atoms with E-state index in [1.165, 1.54) is 11.0 Å². The third kappa shape index (κ3) is 2.70. The normalized spacial score (nSPS) is 30.1. The summed E-state index contributed by atoms with van der Waals surface area (Å²) in [4.78, 5) is 53.4. The van der Waals surface area contributed by atoms with Crippen LogP contribution in [0.15, 0.2) is 58.7 Å². The minimum Gasteiger partial charge on any atom is -0.508 e. The molecule has 158 valence electrons. The molecule has 1 N–H and O–H groups in total. The molecule has 6 heteroatoms. The highest BCUT2D eigenvalue weighted by atomic mass is 16.3. The molecule has 0 aromatic heterocycles. The number of carbonyl (C=O) groups excluding carboxylic acids is 4. The number of rotatable bonds is 2. The molecular weight excluding hydrogens is 394 g/mol. The van der Waals surface area contributed by atoms with Gasteiger partial charge in [-0.2, -0.15) is 0 Å². The highest BCUT2D eigenvalue weighted by molar-refractivity contribution is 6.23. The molecule has 0 saturated carbocycles. The van der Waals surface area contributed by atoms with Crippen LogP contribution in [0.5, 0.6) is 5.75 Å². The Balaban J connectivity index is 1.70. The van der Waals surface area contributed by atoms with Gasteiger partial charge in [-0.1, -0.05) is 23.8 Å². The van der Waals surface area contributed by atoms with Crippen LogP contribution in [-0.2, 0) is 19.2 Å². The molecule has 0 bridgehead atoms. The topological polar surface area (TPSA) is 91.8 Å². The number of ketones is 2. The first-order chi connectivity index (χ1) is 14.8. The smallest absolute Gasteiger partial charge is 0.233 e. The van der Waals surface area contributed by atoms with Gasteiger partial charge in [0.05, 0.1) is 11.8 Å². The molecule has 5 rings (SSSR count). The van der Waals surface area contributed by atoms with Crippen molar-refractivity contribution in [3.63, 3.8) is 0 Å². The number of Topliss-reactive ketones (excluding diaryl/α,β-unsaturated/α-hetero) is 1. The summed E-state index contributed by atoms with van der Waals surface area (Å²) in [6.45, 7) is 3.75. The summed E-state index contributed by atoms with van der Waals surface area (Å²) in [5.74, 6) is -2.41. The third-order valence-electron chi connectivity index (χ3n) is 7.17. The number of hydrogen-bond acceptors (Lipinski definition) is 5. The number of hydrogen-bond donors (Lipinski definition) is 1. The van der Waals surface area contributed by atoms with Crippen molar-refractivity contribution in [2.45, 2.75) is 32.6 Å². The Kier molecular flexibility index (Phi) is 4.36. The van der Waals surface area contributed by atoms with E-state index in [0.29, 0.717) is 35.2 Å². The Morgan fingerprint density at radius 3 is 2.58 bits per heavy atom. The highest BCUT2D eigenvalue weighted by Gasteiger charge is 2.55. The summed E-state index contributed by atoms with van der Waals surface area (Å²) in [7, 11) is 0. The number of phenols is 1. The molecule has 31 heavy (non-hydrogen) atoms. The summed E-state index contributed by atoms with van der Waals surface area (Å²) in [6.07, 6.45) is 4.08. The maximum Gasteiger partial charge on any atom is 0.233 e. The number of fused-ring (bicyclic) bond motifs is 3. The van der Waals surface area contributed by atoms with Crippen molar-refractivity contribution in [2.24, 2.45) is 17.8 Å². The Hall–Kier alpha value is -3.28. The van der Waals surface area contributed by atoms with Gasteiger partial charge in [0, 0.05) is 29.2 Å². The Morgan fingerprint density at radius 1 is 1.10 bits per heavy atom. The van der Waals surface area contributed by atoms with E-state index >= 15 is 0 Å². The fourth-order valence-corrected chi connectivity index (χ4v) is 5.84. The van der Waals surface area contributed by atoms with Crippen LogP contribution in [0.1, 0.15) is 38.2 Å². The van der Waals surface area contributed by atoms with E-state index in [0.717, 1.165) is 5.57 Å². The predicted molar refractivity (Wildman–Crippen MR) is 112 cm³/mol. The van der Waals surface area contributed by atoms with Crippen LogP contribution in [0.3, 0.4) is 0 Å². The van der Waals surface area contributed by atoms with Crippen molar-refractivity contribution in [1.82, 2.24) is 4.90 Å². The van der Waals surface area contributed by atoms with E-state index < -0.39 is 17.8 Å². The molecule has 1 aromatic carbocycles. The van der Waals surface area contributed by atoms with Crippen LogP contribution in [0, 0.1) is 17.8 Å². The van der Waals surface area contributed by atoms with E-state index in [4.69, 9.17) is 0 Å². The number of carbonyl (C=O) groups is 4. The number of benzene rings is 1. The molecule has 4 atom stereocenters. The van der Waals surface area contributed by atoms with E-state index in [1.807, 2.05) is 12.1 Å². The zero-order valence-electron chi connectivity index (χ0n) is 17.4. The van der Waals surface area contributed by atoms with Crippen LogP contribution in [0.4, 0.5) is 0 Å². The zero-order chi connectivity index (χ0) is 22.0. The molecule has 0 unspecified atom stereocenters. The highest BCUT2D eigenvalue weighted by Crippen LogP contribution is 2.55. The van der Waals surface area contributed by atoms with Crippen molar-refractivity contribution < 1.29 is 24.3 Å². The van der Waals surface area contributed by atoms with Crippen LogP contribution in [0.25, 0.3) is 0 Å². The van der Waals surface area contributed by atoms with Crippen molar-refractivity contribution >= 4 is 23.4 Å². The molecule has 1 aromatic rings. The number of phenolic OH excluding ortho intramolecular Hbond substituents is 1. The number of nitrogens with zero attached hydrogens (tertiary/aromatic N) is 1. The van der Waals surface area contributed by atoms with Gasteiger partial charge >= 0.3 is 0 Å². The minimum absolute atomic E-state index is 0.0710. The zero-order valence-corrected chi connectivity index (χ0v) is 17.4. The van der Waals surface area contributed by atoms with Crippen molar-refractivity contribution in [3.05, 3.63) is 64.3 Å². The summed E-state index contributed by atoms with van der Waals surface area (Å²) >= 11 is 0. The molecule has 3 aliphatic carbocycles. The van der Waals surface area contributed by atoms with Crippen LogP contribution in [-0.4, -0.2) is 39.9 Å². The summed E-state index contributed by atoms with van der Waals surface area (Å²) < 4.78 is 0. The standard InChI is InChI=1S/C25H23NO5/c1-3-26-24(30)16-8-7-15-17(21(16)25(26)31)11-18-22(19(28)9-12(2)23(18)29)20(15)13-5-4-6-14(27)10-13/h4-7,9-10,16-17,20-21,27H,3,8,11H2,1-2H3/t16-,17+,20-,21-/m0/s1. The molecule has 1 saturated heterocycles. The molecule has 0 spiro atoms. The molecule has 1 aliphatic heterocycles. The van der Waals surface area contributed by atoms with Gasteiger partial charge in [0.2, 0.25) is 11.8 Å². The summed E-state index contributed by atoms with van der Waals surface area (Å²) in [5.41, 5.74) is 2.88. The number of aromatic hydroxyl groups is 1. The van der Waals surface area contributed by atoms with Crippen molar-refractivity contribution in [2.75, 3.05) is 6.54 Å². The summed E-state index contributed by atoms with van der Waals surface area (Å²) in [5, 5.41) is 10.1. The maximum absolute atomic E-state index is 13.2. The molecule has 0 radical (unpaired) electrons. The van der Waals surface area contributed by atoms with E-state index in [2.05, 4.69) is 0 Å². The van der Waals surface area contributed by atoms with Gasteiger partial charge in [-0.25, -0.2) is 0 Å².